The first-order valence-electron chi connectivity index (χ1n) is 7.77. The van der Waals surface area contributed by atoms with Gasteiger partial charge in [0, 0.05) is 5.56 Å². The van der Waals surface area contributed by atoms with Crippen molar-refractivity contribution in [3.63, 3.8) is 0 Å². The van der Waals surface area contributed by atoms with Gasteiger partial charge in [0.05, 0.1) is 5.69 Å². The standard InChI is InChI=1S/C17H15F3N4O3/c1-8-9(2)14(21-10(3)13(8)25)22-16-24-23-15(26-16)11-4-6-12(7-5-11)27-17(18,19)20/h4-7,25H,1-3H3,(H,21,22,24). The molecular weight excluding hydrogens is 365 g/mol. The topological polar surface area (TPSA) is 93.3 Å². The first kappa shape index (κ1) is 18.5. The van der Waals surface area contributed by atoms with Gasteiger partial charge in [-0.15, -0.1) is 18.3 Å². The van der Waals surface area contributed by atoms with Crippen LogP contribution in [-0.2, 0) is 0 Å². The molecule has 0 aliphatic heterocycles. The minimum atomic E-state index is -4.76. The highest BCUT2D eigenvalue weighted by Crippen LogP contribution is 2.30. The van der Waals surface area contributed by atoms with Crippen molar-refractivity contribution in [1.82, 2.24) is 15.2 Å². The molecule has 0 saturated heterocycles. The number of aromatic hydroxyl groups is 1. The van der Waals surface area contributed by atoms with Crippen molar-refractivity contribution in [3.8, 4) is 23.0 Å². The third-order valence-corrected chi connectivity index (χ3v) is 3.88. The lowest BCUT2D eigenvalue weighted by molar-refractivity contribution is -0.274. The number of nitrogens with zero attached hydrogens (tertiary/aromatic N) is 3. The summed E-state index contributed by atoms with van der Waals surface area (Å²) in [7, 11) is 0. The van der Waals surface area contributed by atoms with E-state index < -0.39 is 6.36 Å². The zero-order valence-electron chi connectivity index (χ0n) is 14.5. The van der Waals surface area contributed by atoms with Crippen LogP contribution < -0.4 is 10.1 Å². The molecule has 0 aliphatic carbocycles. The average Bonchev–Trinajstić information content (AvgIpc) is 3.05. The van der Waals surface area contributed by atoms with Crippen LogP contribution in [0, 0.1) is 20.8 Å². The van der Waals surface area contributed by atoms with Crippen LogP contribution >= 0.6 is 0 Å². The second kappa shape index (κ2) is 6.78. The molecule has 3 rings (SSSR count). The van der Waals surface area contributed by atoms with Gasteiger partial charge < -0.3 is 14.3 Å². The number of benzene rings is 1. The maximum Gasteiger partial charge on any atom is 0.573 e. The molecule has 0 aliphatic rings. The molecule has 0 bridgehead atoms. The van der Waals surface area contributed by atoms with E-state index in [4.69, 9.17) is 4.42 Å². The van der Waals surface area contributed by atoms with E-state index in [0.717, 1.165) is 12.1 Å². The molecule has 3 aromatic rings. The van der Waals surface area contributed by atoms with Gasteiger partial charge in [-0.2, -0.15) is 0 Å². The normalized spacial score (nSPS) is 11.5. The largest absolute Gasteiger partial charge is 0.573 e. The number of pyridine rings is 1. The lowest BCUT2D eigenvalue weighted by Gasteiger charge is -2.11. The number of alkyl halides is 3. The van der Waals surface area contributed by atoms with E-state index in [1.54, 1.807) is 20.8 Å². The van der Waals surface area contributed by atoms with Gasteiger partial charge in [0.15, 0.2) is 0 Å². The van der Waals surface area contributed by atoms with Gasteiger partial charge in [-0.25, -0.2) is 4.98 Å². The third kappa shape index (κ3) is 4.10. The SMILES string of the molecule is Cc1nc(Nc2nnc(-c3ccc(OC(F)(F)F)cc3)o2)c(C)c(C)c1O. The first-order chi connectivity index (χ1) is 12.6. The highest BCUT2D eigenvalue weighted by Gasteiger charge is 2.31. The monoisotopic (exact) mass is 380 g/mol. The Balaban J connectivity index is 1.80. The van der Waals surface area contributed by atoms with E-state index in [0.29, 0.717) is 28.2 Å². The van der Waals surface area contributed by atoms with Crippen molar-refractivity contribution in [1.29, 1.82) is 0 Å². The van der Waals surface area contributed by atoms with Crippen LogP contribution in [0.3, 0.4) is 0 Å². The van der Waals surface area contributed by atoms with Gasteiger partial charge in [-0.1, -0.05) is 5.10 Å². The summed E-state index contributed by atoms with van der Waals surface area (Å²) in [5.74, 6) is 0.331. The van der Waals surface area contributed by atoms with E-state index >= 15 is 0 Å². The van der Waals surface area contributed by atoms with Crippen molar-refractivity contribution in [3.05, 3.63) is 41.1 Å². The zero-order chi connectivity index (χ0) is 19.8. The summed E-state index contributed by atoms with van der Waals surface area (Å²) in [6.45, 7) is 5.20. The van der Waals surface area contributed by atoms with Crippen LogP contribution in [0.15, 0.2) is 28.7 Å². The Kier molecular flexibility index (Phi) is 4.64. The molecule has 0 amide bonds. The fourth-order valence-corrected chi connectivity index (χ4v) is 2.34. The molecule has 27 heavy (non-hydrogen) atoms. The number of rotatable bonds is 4. The Morgan fingerprint density at radius 3 is 2.33 bits per heavy atom. The number of halogens is 3. The molecule has 0 atom stereocenters. The zero-order valence-corrected chi connectivity index (χ0v) is 14.5. The number of nitrogens with one attached hydrogen (secondary N) is 1. The first-order valence-corrected chi connectivity index (χ1v) is 7.77. The number of anilines is 2. The molecular formula is C17H15F3N4O3. The van der Waals surface area contributed by atoms with Crippen LogP contribution in [0.5, 0.6) is 11.5 Å². The second-order valence-corrected chi connectivity index (χ2v) is 5.75. The molecule has 7 nitrogen and oxygen atoms in total. The molecule has 0 fully saturated rings. The van der Waals surface area contributed by atoms with Crippen LogP contribution in [0.25, 0.3) is 11.5 Å². The van der Waals surface area contributed by atoms with E-state index in [-0.39, 0.29) is 23.4 Å². The molecule has 0 unspecified atom stereocenters. The van der Waals surface area contributed by atoms with Gasteiger partial charge in [-0.3, -0.25) is 5.32 Å². The summed E-state index contributed by atoms with van der Waals surface area (Å²) >= 11 is 0. The van der Waals surface area contributed by atoms with E-state index in [2.05, 4.69) is 25.2 Å². The molecule has 2 aromatic heterocycles. The number of ether oxygens (including phenoxy) is 1. The quantitative estimate of drug-likeness (QED) is 0.693. The average molecular weight is 380 g/mol. The number of hydrogen-bond acceptors (Lipinski definition) is 7. The molecule has 2 heterocycles. The van der Waals surface area contributed by atoms with E-state index in [1.807, 2.05) is 0 Å². The molecule has 142 valence electrons. The number of aromatic nitrogens is 3. The predicted molar refractivity (Wildman–Crippen MR) is 89.8 cm³/mol. The van der Waals surface area contributed by atoms with E-state index in [9.17, 15) is 18.3 Å². The van der Waals surface area contributed by atoms with Gasteiger partial charge in [0.2, 0.25) is 5.89 Å². The van der Waals surface area contributed by atoms with Gasteiger partial charge in [0.25, 0.3) is 0 Å². The van der Waals surface area contributed by atoms with Crippen LogP contribution in [0.4, 0.5) is 25.0 Å². The Morgan fingerprint density at radius 1 is 1.04 bits per heavy atom. The number of hydrogen-bond donors (Lipinski definition) is 2. The Labute approximate surface area is 151 Å². The van der Waals surface area contributed by atoms with Crippen molar-refractivity contribution >= 4 is 11.8 Å². The summed E-state index contributed by atoms with van der Waals surface area (Å²) in [6, 6.07) is 5.10. The summed E-state index contributed by atoms with van der Waals surface area (Å²) in [4.78, 5) is 4.24. The summed E-state index contributed by atoms with van der Waals surface area (Å²) < 4.78 is 45.9. The molecule has 0 radical (unpaired) electrons. The molecule has 0 spiro atoms. The fourth-order valence-electron chi connectivity index (χ4n) is 2.34. The van der Waals surface area contributed by atoms with Crippen LogP contribution in [-0.4, -0.2) is 26.7 Å². The van der Waals surface area contributed by atoms with Crippen molar-refractivity contribution < 1.29 is 27.4 Å². The molecule has 0 saturated carbocycles. The highest BCUT2D eigenvalue weighted by molar-refractivity contribution is 5.60. The van der Waals surface area contributed by atoms with Gasteiger partial charge in [-0.05, 0) is 56.2 Å². The lowest BCUT2D eigenvalue weighted by Crippen LogP contribution is -2.16. The fraction of sp³-hybridized carbons (Fsp3) is 0.235. The predicted octanol–water partition coefficient (Wildman–Crippen LogP) is 4.40. The van der Waals surface area contributed by atoms with E-state index in [1.165, 1.54) is 12.1 Å². The van der Waals surface area contributed by atoms with Gasteiger partial charge >= 0.3 is 12.4 Å². The van der Waals surface area contributed by atoms with Crippen molar-refractivity contribution in [2.45, 2.75) is 27.1 Å². The summed E-state index contributed by atoms with van der Waals surface area (Å²) in [6.07, 6.45) is -4.76. The second-order valence-electron chi connectivity index (χ2n) is 5.75. The Bertz CT molecular complexity index is 969. The van der Waals surface area contributed by atoms with Crippen LogP contribution in [0.1, 0.15) is 16.8 Å². The minimum Gasteiger partial charge on any atom is -0.506 e. The molecule has 2 N–H and O–H groups in total. The third-order valence-electron chi connectivity index (χ3n) is 3.88. The highest BCUT2D eigenvalue weighted by atomic mass is 19.4. The Hall–Kier alpha value is -3.30. The Morgan fingerprint density at radius 2 is 1.70 bits per heavy atom. The van der Waals surface area contributed by atoms with Gasteiger partial charge in [0.1, 0.15) is 17.3 Å². The summed E-state index contributed by atoms with van der Waals surface area (Å²) in [5, 5.41) is 20.5. The molecule has 1 aromatic carbocycles. The summed E-state index contributed by atoms with van der Waals surface area (Å²) in [5.41, 5.74) is 2.25. The molecule has 10 heteroatoms. The smallest absolute Gasteiger partial charge is 0.506 e. The number of aryl methyl sites for hydroxylation is 1. The maximum absolute atomic E-state index is 12.2. The maximum atomic E-state index is 12.2. The van der Waals surface area contributed by atoms with Crippen molar-refractivity contribution in [2.75, 3.05) is 5.32 Å². The van der Waals surface area contributed by atoms with Crippen LogP contribution in [0.2, 0.25) is 0 Å². The lowest BCUT2D eigenvalue weighted by atomic mass is 10.1. The van der Waals surface area contributed by atoms with Crippen molar-refractivity contribution in [2.24, 2.45) is 0 Å². The minimum absolute atomic E-state index is 0.0562.